The van der Waals surface area contributed by atoms with Crippen molar-refractivity contribution >= 4 is 5.91 Å². The van der Waals surface area contributed by atoms with E-state index in [0.29, 0.717) is 11.4 Å². The number of benzene rings is 2. The lowest BCUT2D eigenvalue weighted by molar-refractivity contribution is 0.0944. The second kappa shape index (κ2) is 6.36. The molecule has 0 spiro atoms. The van der Waals surface area contributed by atoms with Crippen molar-refractivity contribution in [3.05, 3.63) is 64.7 Å². The van der Waals surface area contributed by atoms with Crippen LogP contribution in [0.3, 0.4) is 0 Å². The van der Waals surface area contributed by atoms with Crippen LogP contribution in [0.2, 0.25) is 0 Å². The smallest absolute Gasteiger partial charge is 0.267 e. The van der Waals surface area contributed by atoms with Gasteiger partial charge in [0.2, 0.25) is 0 Å². The molecule has 1 heterocycles. The molecule has 0 N–H and O–H groups in total. The van der Waals surface area contributed by atoms with Crippen LogP contribution in [-0.2, 0) is 10.8 Å². The molecule has 1 aliphatic rings. The molecule has 3 aromatic rings. The van der Waals surface area contributed by atoms with Crippen molar-refractivity contribution < 1.29 is 4.79 Å². The van der Waals surface area contributed by atoms with Crippen molar-refractivity contribution in [3.63, 3.8) is 0 Å². The van der Waals surface area contributed by atoms with Crippen molar-refractivity contribution in [2.24, 2.45) is 0 Å². The van der Waals surface area contributed by atoms with Crippen LogP contribution in [0.5, 0.6) is 0 Å². The van der Waals surface area contributed by atoms with E-state index < -0.39 is 0 Å². The number of carbonyl (C=O) groups is 1. The predicted octanol–water partition coefficient (Wildman–Crippen LogP) is 4.69. The Morgan fingerprint density at radius 2 is 1.57 bits per heavy atom. The Balaban J connectivity index is 1.84. The first-order valence-corrected chi connectivity index (χ1v) is 9.75. The fourth-order valence-corrected chi connectivity index (χ4v) is 4.16. The summed E-state index contributed by atoms with van der Waals surface area (Å²) in [4.78, 5) is 13.4. The number of aromatic nitrogens is 4. The number of fused-ring (bicyclic) bond motifs is 1. The van der Waals surface area contributed by atoms with E-state index in [-0.39, 0.29) is 16.7 Å². The molecular weight excluding hydrogens is 348 g/mol. The van der Waals surface area contributed by atoms with E-state index >= 15 is 0 Å². The number of nitrogens with zero attached hydrogens (tertiary/aromatic N) is 4. The van der Waals surface area contributed by atoms with Crippen molar-refractivity contribution in [2.45, 2.75) is 58.3 Å². The molecule has 4 rings (SSSR count). The zero-order valence-corrected chi connectivity index (χ0v) is 17.2. The van der Waals surface area contributed by atoms with E-state index in [4.69, 9.17) is 0 Å². The van der Waals surface area contributed by atoms with Gasteiger partial charge in [-0.3, -0.25) is 4.79 Å². The van der Waals surface area contributed by atoms with Crippen LogP contribution in [0.4, 0.5) is 0 Å². The van der Waals surface area contributed by atoms with E-state index in [1.54, 1.807) is 0 Å². The summed E-state index contributed by atoms with van der Waals surface area (Å²) < 4.78 is 1.31. The summed E-state index contributed by atoms with van der Waals surface area (Å²) in [6.07, 6.45) is 2.24. The Morgan fingerprint density at radius 1 is 0.964 bits per heavy atom. The van der Waals surface area contributed by atoms with Gasteiger partial charge in [-0.1, -0.05) is 64.1 Å². The first-order chi connectivity index (χ1) is 13.2. The largest absolute Gasteiger partial charge is 0.281 e. The lowest BCUT2D eigenvalue weighted by Gasteiger charge is -2.42. The van der Waals surface area contributed by atoms with Crippen LogP contribution in [-0.4, -0.2) is 26.1 Å². The highest BCUT2D eigenvalue weighted by Gasteiger charge is 2.38. The molecule has 0 fully saturated rings. The average molecular weight is 374 g/mol. The van der Waals surface area contributed by atoms with E-state index in [0.717, 1.165) is 24.0 Å². The van der Waals surface area contributed by atoms with Crippen LogP contribution in [0.25, 0.3) is 11.4 Å². The van der Waals surface area contributed by atoms with E-state index in [1.807, 2.05) is 37.3 Å². The van der Waals surface area contributed by atoms with E-state index in [9.17, 15) is 4.79 Å². The molecule has 144 valence electrons. The van der Waals surface area contributed by atoms with Crippen LogP contribution in [0, 0.1) is 6.92 Å². The van der Waals surface area contributed by atoms with Crippen molar-refractivity contribution in [1.82, 2.24) is 20.2 Å². The van der Waals surface area contributed by atoms with Crippen molar-refractivity contribution in [3.8, 4) is 11.4 Å². The minimum atomic E-state index is -0.191. The highest BCUT2D eigenvalue weighted by Crippen LogP contribution is 2.46. The van der Waals surface area contributed by atoms with Gasteiger partial charge in [-0.15, -0.1) is 5.10 Å². The highest BCUT2D eigenvalue weighted by molar-refractivity contribution is 5.98. The summed E-state index contributed by atoms with van der Waals surface area (Å²) in [5.41, 5.74) is 5.19. The van der Waals surface area contributed by atoms with Crippen LogP contribution in [0.1, 0.15) is 67.6 Å². The maximum absolute atomic E-state index is 13.4. The first kappa shape index (κ1) is 18.5. The molecule has 5 heteroatoms. The van der Waals surface area contributed by atoms with Crippen LogP contribution < -0.4 is 0 Å². The minimum absolute atomic E-state index is 0.0382. The molecule has 0 atom stereocenters. The molecule has 28 heavy (non-hydrogen) atoms. The lowest BCUT2D eigenvalue weighted by atomic mass is 9.62. The molecule has 0 saturated carbocycles. The van der Waals surface area contributed by atoms with Gasteiger partial charge in [-0.05, 0) is 63.8 Å². The second-order valence-corrected chi connectivity index (χ2v) is 9.07. The topological polar surface area (TPSA) is 60.7 Å². The van der Waals surface area contributed by atoms with E-state index in [1.165, 1.54) is 15.8 Å². The Hall–Kier alpha value is -2.82. The van der Waals surface area contributed by atoms with Gasteiger partial charge in [-0.25, -0.2) is 0 Å². The van der Waals surface area contributed by atoms with Gasteiger partial charge in [0.05, 0.1) is 0 Å². The molecule has 0 saturated heterocycles. The fraction of sp³-hybridized carbons (Fsp3) is 0.391. The van der Waals surface area contributed by atoms with Crippen molar-refractivity contribution in [1.29, 1.82) is 0 Å². The quantitative estimate of drug-likeness (QED) is 0.611. The zero-order valence-electron chi connectivity index (χ0n) is 17.2. The molecule has 5 nitrogen and oxygen atoms in total. The maximum atomic E-state index is 13.4. The molecule has 1 aromatic heterocycles. The third-order valence-corrected chi connectivity index (χ3v) is 6.12. The average Bonchev–Trinajstić information content (AvgIpc) is 3.15. The fourth-order valence-electron chi connectivity index (χ4n) is 4.16. The number of rotatable bonds is 2. The van der Waals surface area contributed by atoms with Crippen molar-refractivity contribution in [2.75, 3.05) is 0 Å². The number of aryl methyl sites for hydroxylation is 1. The summed E-state index contributed by atoms with van der Waals surface area (Å²) in [6, 6.07) is 13.8. The van der Waals surface area contributed by atoms with Gasteiger partial charge in [0.15, 0.2) is 5.82 Å². The molecule has 0 bridgehead atoms. The number of tetrazole rings is 1. The summed E-state index contributed by atoms with van der Waals surface area (Å²) in [6.45, 7) is 11.1. The first-order valence-electron chi connectivity index (χ1n) is 9.75. The molecule has 2 aromatic carbocycles. The van der Waals surface area contributed by atoms with Gasteiger partial charge in [0, 0.05) is 11.1 Å². The predicted molar refractivity (Wildman–Crippen MR) is 109 cm³/mol. The van der Waals surface area contributed by atoms with Crippen LogP contribution >= 0.6 is 0 Å². The Morgan fingerprint density at radius 3 is 2.21 bits per heavy atom. The van der Waals surface area contributed by atoms with Gasteiger partial charge in [0.25, 0.3) is 5.91 Å². The number of carbonyl (C=O) groups excluding carboxylic acids is 1. The standard InChI is InChI=1S/C23H26N4O/c1-15-13-18-19(23(4,5)12-11-22(18,2)3)14-17(15)21(28)27-20(24-25-26-27)16-9-7-6-8-10-16/h6-10,13-14H,11-12H2,1-5H3. The van der Waals surface area contributed by atoms with Gasteiger partial charge < -0.3 is 0 Å². The monoisotopic (exact) mass is 374 g/mol. The Kier molecular flexibility index (Phi) is 4.21. The molecule has 1 aliphatic carbocycles. The molecule has 0 amide bonds. The lowest BCUT2D eigenvalue weighted by Crippen LogP contribution is -2.34. The number of hydrogen-bond donors (Lipinski definition) is 0. The summed E-state index contributed by atoms with van der Waals surface area (Å²) in [5.74, 6) is 0.269. The normalized spacial score (nSPS) is 17.2. The highest BCUT2D eigenvalue weighted by atomic mass is 16.2. The summed E-state index contributed by atoms with van der Waals surface area (Å²) in [7, 11) is 0. The maximum Gasteiger partial charge on any atom is 0.281 e. The molecular formula is C23H26N4O. The third kappa shape index (κ3) is 2.95. The molecule has 0 aliphatic heterocycles. The van der Waals surface area contributed by atoms with Gasteiger partial charge >= 0.3 is 0 Å². The second-order valence-electron chi connectivity index (χ2n) is 9.07. The SMILES string of the molecule is Cc1cc2c(cc1C(=O)n1nnnc1-c1ccccc1)C(C)(C)CCC2(C)C. The zero-order chi connectivity index (χ0) is 20.1. The van der Waals surface area contributed by atoms with Gasteiger partial charge in [-0.2, -0.15) is 4.68 Å². The third-order valence-electron chi connectivity index (χ3n) is 6.12. The minimum Gasteiger partial charge on any atom is -0.267 e. The van der Waals surface area contributed by atoms with Gasteiger partial charge in [0.1, 0.15) is 0 Å². The Bertz CT molecular complexity index is 1050. The van der Waals surface area contributed by atoms with Crippen LogP contribution in [0.15, 0.2) is 42.5 Å². The number of hydrogen-bond acceptors (Lipinski definition) is 4. The summed E-state index contributed by atoms with van der Waals surface area (Å²) >= 11 is 0. The summed E-state index contributed by atoms with van der Waals surface area (Å²) in [5, 5.41) is 11.8. The molecule has 0 radical (unpaired) electrons. The Labute approximate surface area is 165 Å². The van der Waals surface area contributed by atoms with E-state index in [2.05, 4.69) is 55.4 Å². The molecule has 0 unspecified atom stereocenters.